The van der Waals surface area contributed by atoms with Gasteiger partial charge in [0.25, 0.3) is 5.91 Å². The monoisotopic (exact) mass is 544 g/mol. The van der Waals surface area contributed by atoms with Gasteiger partial charge in [0.05, 0.1) is 13.3 Å². The Morgan fingerprint density at radius 3 is 2.11 bits per heavy atom. The number of nitrogens with zero attached hydrogens (tertiary/aromatic N) is 1. The third-order valence-electron chi connectivity index (χ3n) is 5.61. The highest BCUT2D eigenvalue weighted by Gasteiger charge is 2.39. The summed E-state index contributed by atoms with van der Waals surface area (Å²) in [6.45, 7) is 0.322. The summed E-state index contributed by atoms with van der Waals surface area (Å²) in [6.07, 6.45) is 1.47. The SMILES string of the molecule is COc1cccc(/C=N\NC(=O)C(O)(c2ccccc2)c2ccccc2)c1OCc1ccc(Br)cc1. The van der Waals surface area contributed by atoms with Crippen LogP contribution >= 0.6 is 15.9 Å². The van der Waals surface area contributed by atoms with Crippen LogP contribution in [0, 0.1) is 0 Å². The highest BCUT2D eigenvalue weighted by Crippen LogP contribution is 2.32. The van der Waals surface area contributed by atoms with E-state index in [1.165, 1.54) is 6.21 Å². The molecule has 0 unspecified atom stereocenters. The number of para-hydroxylation sites is 1. The highest BCUT2D eigenvalue weighted by atomic mass is 79.9. The van der Waals surface area contributed by atoms with Crippen molar-refractivity contribution in [2.45, 2.75) is 12.2 Å². The van der Waals surface area contributed by atoms with Gasteiger partial charge < -0.3 is 14.6 Å². The summed E-state index contributed by atoms with van der Waals surface area (Å²) in [7, 11) is 1.56. The Balaban J connectivity index is 1.57. The molecule has 0 saturated heterocycles. The van der Waals surface area contributed by atoms with Crippen molar-refractivity contribution in [3.63, 3.8) is 0 Å². The molecule has 182 valence electrons. The van der Waals surface area contributed by atoms with E-state index < -0.39 is 11.5 Å². The van der Waals surface area contributed by atoms with Crippen molar-refractivity contribution in [2.75, 3.05) is 7.11 Å². The molecule has 0 bridgehead atoms. The molecule has 7 heteroatoms. The van der Waals surface area contributed by atoms with E-state index in [0.717, 1.165) is 10.0 Å². The number of aliphatic hydroxyl groups is 1. The predicted molar refractivity (Wildman–Crippen MR) is 143 cm³/mol. The first-order chi connectivity index (χ1) is 17.5. The lowest BCUT2D eigenvalue weighted by Crippen LogP contribution is -2.43. The number of amides is 1. The van der Waals surface area contributed by atoms with E-state index in [0.29, 0.717) is 34.8 Å². The first-order valence-electron chi connectivity index (χ1n) is 11.2. The molecule has 4 rings (SSSR count). The standard InChI is InChI=1S/C29H25BrN2O4/c1-35-26-14-8-9-22(27(26)36-20-21-15-17-25(30)18-16-21)19-31-32-28(33)29(34,23-10-4-2-5-11-23)24-12-6-3-7-13-24/h2-19,34H,20H2,1H3,(H,32,33)/b31-19-. The number of halogens is 1. The number of ether oxygens (including phenoxy) is 2. The van der Waals surface area contributed by atoms with Crippen molar-refractivity contribution < 1.29 is 19.4 Å². The molecule has 0 aliphatic heterocycles. The molecule has 0 fully saturated rings. The van der Waals surface area contributed by atoms with Crippen LogP contribution in [0.5, 0.6) is 11.5 Å². The average Bonchev–Trinajstić information content (AvgIpc) is 2.93. The van der Waals surface area contributed by atoms with Gasteiger partial charge in [-0.2, -0.15) is 5.10 Å². The Hall–Kier alpha value is -3.94. The highest BCUT2D eigenvalue weighted by molar-refractivity contribution is 9.10. The Bertz CT molecular complexity index is 1290. The molecule has 0 atom stereocenters. The molecule has 0 spiro atoms. The largest absolute Gasteiger partial charge is 0.493 e. The molecular weight excluding hydrogens is 520 g/mol. The molecule has 0 aliphatic rings. The van der Waals surface area contributed by atoms with Crippen LogP contribution in [0.2, 0.25) is 0 Å². The van der Waals surface area contributed by atoms with Gasteiger partial charge in [0.15, 0.2) is 17.1 Å². The first kappa shape index (κ1) is 25.2. The van der Waals surface area contributed by atoms with Crippen LogP contribution in [0.3, 0.4) is 0 Å². The number of rotatable bonds is 9. The number of benzene rings is 4. The molecule has 2 N–H and O–H groups in total. The summed E-state index contributed by atoms with van der Waals surface area (Å²) in [6, 6.07) is 30.7. The summed E-state index contributed by atoms with van der Waals surface area (Å²) in [5.41, 5.74) is 3.03. The zero-order valence-corrected chi connectivity index (χ0v) is 21.2. The van der Waals surface area contributed by atoms with E-state index in [1.54, 1.807) is 73.8 Å². The Morgan fingerprint density at radius 1 is 0.917 bits per heavy atom. The lowest BCUT2D eigenvalue weighted by Gasteiger charge is -2.27. The minimum atomic E-state index is -1.92. The van der Waals surface area contributed by atoms with Crippen LogP contribution in [-0.2, 0) is 17.0 Å². The number of methoxy groups -OCH3 is 1. The van der Waals surface area contributed by atoms with Crippen LogP contribution in [0.4, 0.5) is 0 Å². The van der Waals surface area contributed by atoms with E-state index >= 15 is 0 Å². The van der Waals surface area contributed by atoms with Crippen LogP contribution in [0.15, 0.2) is 113 Å². The van der Waals surface area contributed by atoms with E-state index in [2.05, 4.69) is 26.5 Å². The van der Waals surface area contributed by atoms with Crippen molar-refractivity contribution in [3.05, 3.63) is 130 Å². The van der Waals surface area contributed by atoms with E-state index in [1.807, 2.05) is 36.4 Å². The van der Waals surface area contributed by atoms with Crippen LogP contribution < -0.4 is 14.9 Å². The molecule has 0 aliphatic carbocycles. The Morgan fingerprint density at radius 2 is 1.53 bits per heavy atom. The van der Waals surface area contributed by atoms with Gasteiger partial charge in [-0.05, 0) is 41.0 Å². The normalized spacial score (nSPS) is 11.3. The third-order valence-corrected chi connectivity index (χ3v) is 6.14. The average molecular weight is 545 g/mol. The molecule has 36 heavy (non-hydrogen) atoms. The van der Waals surface area contributed by atoms with Crippen LogP contribution in [0.1, 0.15) is 22.3 Å². The number of hydrogen-bond acceptors (Lipinski definition) is 5. The second-order valence-electron chi connectivity index (χ2n) is 7.94. The van der Waals surface area contributed by atoms with Crippen molar-refractivity contribution >= 4 is 28.1 Å². The van der Waals surface area contributed by atoms with Crippen molar-refractivity contribution in [2.24, 2.45) is 5.10 Å². The first-order valence-corrected chi connectivity index (χ1v) is 12.0. The quantitative estimate of drug-likeness (QED) is 0.217. The molecule has 4 aromatic carbocycles. The fourth-order valence-corrected chi connectivity index (χ4v) is 3.98. The maximum atomic E-state index is 13.3. The summed E-state index contributed by atoms with van der Waals surface area (Å²) >= 11 is 3.43. The molecule has 0 radical (unpaired) electrons. The maximum Gasteiger partial charge on any atom is 0.281 e. The second kappa shape index (κ2) is 11.7. The number of carbonyl (C=O) groups excluding carboxylic acids is 1. The van der Waals surface area contributed by atoms with Gasteiger partial charge in [-0.15, -0.1) is 0 Å². The second-order valence-corrected chi connectivity index (χ2v) is 8.85. The van der Waals surface area contributed by atoms with Crippen molar-refractivity contribution in [3.8, 4) is 11.5 Å². The molecule has 0 aromatic heterocycles. The molecule has 0 saturated carbocycles. The minimum absolute atomic E-state index is 0.322. The Kier molecular flexibility index (Phi) is 8.15. The lowest BCUT2D eigenvalue weighted by atomic mass is 9.85. The molecule has 6 nitrogen and oxygen atoms in total. The fraction of sp³-hybridized carbons (Fsp3) is 0.103. The summed E-state index contributed by atoms with van der Waals surface area (Å²) < 4.78 is 12.5. The lowest BCUT2D eigenvalue weighted by molar-refractivity contribution is -0.136. The van der Waals surface area contributed by atoms with Gasteiger partial charge in [0, 0.05) is 10.0 Å². The van der Waals surface area contributed by atoms with Crippen LogP contribution in [0.25, 0.3) is 0 Å². The smallest absolute Gasteiger partial charge is 0.281 e. The van der Waals surface area contributed by atoms with Crippen molar-refractivity contribution in [1.82, 2.24) is 5.43 Å². The van der Waals surface area contributed by atoms with Gasteiger partial charge >= 0.3 is 0 Å². The molecule has 0 heterocycles. The zero-order chi connectivity index (χ0) is 25.4. The van der Waals surface area contributed by atoms with Gasteiger partial charge in [-0.3, -0.25) is 4.79 Å². The van der Waals surface area contributed by atoms with Crippen LogP contribution in [-0.4, -0.2) is 24.3 Å². The topological polar surface area (TPSA) is 80.2 Å². The summed E-state index contributed by atoms with van der Waals surface area (Å²) in [5, 5.41) is 15.7. The number of hydrazone groups is 1. The van der Waals surface area contributed by atoms with E-state index in [4.69, 9.17) is 9.47 Å². The zero-order valence-electron chi connectivity index (χ0n) is 19.6. The van der Waals surface area contributed by atoms with E-state index in [9.17, 15) is 9.90 Å². The Labute approximate surface area is 218 Å². The van der Waals surface area contributed by atoms with Gasteiger partial charge in [-0.25, -0.2) is 5.43 Å². The third kappa shape index (κ3) is 5.64. The fourth-order valence-electron chi connectivity index (χ4n) is 3.71. The maximum absolute atomic E-state index is 13.3. The van der Waals surface area contributed by atoms with Gasteiger partial charge in [0.2, 0.25) is 0 Å². The molecule has 1 amide bonds. The van der Waals surface area contributed by atoms with Gasteiger partial charge in [0.1, 0.15) is 6.61 Å². The summed E-state index contributed by atoms with van der Waals surface area (Å²) in [5.74, 6) is 0.339. The van der Waals surface area contributed by atoms with Crippen molar-refractivity contribution in [1.29, 1.82) is 0 Å². The van der Waals surface area contributed by atoms with E-state index in [-0.39, 0.29) is 0 Å². The molecule has 4 aromatic rings. The molecular formula is C29H25BrN2O4. The number of hydrogen-bond donors (Lipinski definition) is 2. The number of nitrogens with one attached hydrogen (secondary N) is 1. The number of carbonyl (C=O) groups is 1. The minimum Gasteiger partial charge on any atom is -0.493 e. The predicted octanol–water partition coefficient (Wildman–Crippen LogP) is 5.42. The van der Waals surface area contributed by atoms with Gasteiger partial charge in [-0.1, -0.05) is 94.8 Å². The summed E-state index contributed by atoms with van der Waals surface area (Å²) in [4.78, 5) is 13.3.